The minimum Gasteiger partial charge on any atom is -0.361 e. The van der Waals surface area contributed by atoms with Gasteiger partial charge in [-0.3, -0.25) is 4.79 Å². The fraction of sp³-hybridized carbons (Fsp3) is 0.148. The molecule has 0 spiro atoms. The lowest BCUT2D eigenvalue weighted by molar-refractivity contribution is 0.504. The Morgan fingerprint density at radius 3 is 2.84 bits per heavy atom. The van der Waals surface area contributed by atoms with Crippen molar-refractivity contribution in [1.82, 2.24) is 39.7 Å². The number of imidazole rings is 1. The Kier molecular flexibility index (Phi) is 4.37. The van der Waals surface area contributed by atoms with Crippen molar-refractivity contribution in [2.24, 2.45) is 5.92 Å². The third kappa shape index (κ3) is 3.13. The van der Waals surface area contributed by atoms with Gasteiger partial charge in [0.25, 0.3) is 5.56 Å². The van der Waals surface area contributed by atoms with Crippen LogP contribution < -0.4 is 5.56 Å². The van der Waals surface area contributed by atoms with Crippen molar-refractivity contribution in [3.63, 3.8) is 0 Å². The maximum Gasteiger partial charge on any atom is 0.252 e. The molecule has 186 valence electrons. The zero-order valence-electron chi connectivity index (χ0n) is 19.6. The molecule has 0 amide bonds. The fourth-order valence-corrected chi connectivity index (χ4v) is 6.04. The van der Waals surface area contributed by atoms with Crippen molar-refractivity contribution < 1.29 is 4.39 Å². The number of fused-ring (bicyclic) bond motifs is 4. The Labute approximate surface area is 218 Å². The molecule has 1 saturated carbocycles. The number of halogens is 2. The van der Waals surface area contributed by atoms with E-state index in [2.05, 4.69) is 30.5 Å². The molecule has 0 saturated heterocycles. The van der Waals surface area contributed by atoms with Crippen LogP contribution in [0.1, 0.15) is 29.9 Å². The van der Waals surface area contributed by atoms with Gasteiger partial charge in [0.15, 0.2) is 0 Å². The van der Waals surface area contributed by atoms with E-state index in [4.69, 9.17) is 11.6 Å². The van der Waals surface area contributed by atoms with Crippen LogP contribution in [0.25, 0.3) is 39.0 Å². The summed E-state index contributed by atoms with van der Waals surface area (Å²) < 4.78 is 18.4. The van der Waals surface area contributed by atoms with Gasteiger partial charge < -0.3 is 14.5 Å². The van der Waals surface area contributed by atoms with Crippen LogP contribution in [0.5, 0.6) is 0 Å². The SMILES string of the molecule is O=c1cc(-c2cc(Cl)ccc2-n2cnnn2)cc2n1C(c1nc(-c3ccc4[nH]ccc4c3)c(F)[nH]1)C1CC21. The lowest BCUT2D eigenvalue weighted by Gasteiger charge is -2.17. The second-order valence-electron chi connectivity index (χ2n) is 9.81. The van der Waals surface area contributed by atoms with Crippen LogP contribution in [-0.4, -0.2) is 39.7 Å². The second kappa shape index (κ2) is 7.72. The lowest BCUT2D eigenvalue weighted by atomic mass is 10.0. The number of nitrogens with one attached hydrogen (secondary N) is 2. The molecule has 3 unspecified atom stereocenters. The first-order chi connectivity index (χ1) is 18.5. The Morgan fingerprint density at radius 1 is 1.05 bits per heavy atom. The number of hydrogen-bond acceptors (Lipinski definition) is 5. The smallest absolute Gasteiger partial charge is 0.252 e. The zero-order valence-corrected chi connectivity index (χ0v) is 20.4. The third-order valence-corrected chi connectivity index (χ3v) is 7.89. The standard InChI is InChI=1S/C27H18ClFN8O/c28-16-2-4-21(36-12-31-34-35-36)17(10-16)15-8-22-18-11-19(18)25(37(22)23(38)9-15)27-32-24(26(29)33-27)14-1-3-20-13(7-14)5-6-30-20/h1-10,12,18-19,25,30H,11H2,(H,32,33). The van der Waals surface area contributed by atoms with Crippen molar-refractivity contribution >= 4 is 22.5 Å². The van der Waals surface area contributed by atoms with Gasteiger partial charge in [0, 0.05) is 50.9 Å². The van der Waals surface area contributed by atoms with Crippen molar-refractivity contribution in [3.05, 3.63) is 100.0 Å². The number of nitrogens with zero attached hydrogens (tertiary/aromatic N) is 6. The highest BCUT2D eigenvalue weighted by atomic mass is 35.5. The van der Waals surface area contributed by atoms with Crippen LogP contribution in [0.4, 0.5) is 4.39 Å². The topological polar surface area (TPSA) is 110 Å². The van der Waals surface area contributed by atoms with Crippen molar-refractivity contribution in [1.29, 1.82) is 0 Å². The first kappa shape index (κ1) is 21.5. The van der Waals surface area contributed by atoms with Crippen LogP contribution >= 0.6 is 11.6 Å². The first-order valence-corrected chi connectivity index (χ1v) is 12.6. The summed E-state index contributed by atoms with van der Waals surface area (Å²) in [6, 6.07) is 16.2. The highest BCUT2D eigenvalue weighted by molar-refractivity contribution is 6.31. The molecule has 0 bridgehead atoms. The monoisotopic (exact) mass is 524 g/mol. The summed E-state index contributed by atoms with van der Waals surface area (Å²) in [5.41, 5.74) is 4.83. The summed E-state index contributed by atoms with van der Waals surface area (Å²) in [7, 11) is 0. The molecule has 1 fully saturated rings. The number of hydrogen-bond donors (Lipinski definition) is 2. The fourth-order valence-electron chi connectivity index (χ4n) is 5.87. The number of H-pyrrole nitrogens is 2. The first-order valence-electron chi connectivity index (χ1n) is 12.2. The van der Waals surface area contributed by atoms with Crippen molar-refractivity contribution in [2.75, 3.05) is 0 Å². The number of tetrazole rings is 1. The Morgan fingerprint density at radius 2 is 1.97 bits per heavy atom. The van der Waals surface area contributed by atoms with E-state index >= 15 is 4.39 Å². The average Bonchev–Trinajstić information content (AvgIpc) is 3.35. The van der Waals surface area contributed by atoms with Gasteiger partial charge in [0.2, 0.25) is 5.95 Å². The average molecular weight is 525 g/mol. The summed E-state index contributed by atoms with van der Waals surface area (Å²) in [6.45, 7) is 0. The maximum atomic E-state index is 15.2. The molecule has 3 atom stereocenters. The molecule has 0 radical (unpaired) electrons. The van der Waals surface area contributed by atoms with Crippen LogP contribution in [-0.2, 0) is 0 Å². The van der Waals surface area contributed by atoms with E-state index in [9.17, 15) is 4.79 Å². The predicted molar refractivity (Wildman–Crippen MR) is 139 cm³/mol. The van der Waals surface area contributed by atoms with E-state index < -0.39 is 5.95 Å². The van der Waals surface area contributed by atoms with Crippen molar-refractivity contribution in [3.8, 4) is 28.1 Å². The number of pyridine rings is 1. The van der Waals surface area contributed by atoms with Crippen molar-refractivity contribution in [2.45, 2.75) is 18.4 Å². The van der Waals surface area contributed by atoms with Gasteiger partial charge in [-0.2, -0.15) is 9.07 Å². The number of aromatic nitrogens is 8. The Bertz CT molecular complexity index is 1940. The van der Waals surface area contributed by atoms with Gasteiger partial charge in [-0.15, -0.1) is 5.10 Å². The van der Waals surface area contributed by atoms with E-state index in [1.165, 1.54) is 11.0 Å². The molecule has 38 heavy (non-hydrogen) atoms. The van der Waals surface area contributed by atoms with E-state index in [1.54, 1.807) is 22.8 Å². The van der Waals surface area contributed by atoms with Gasteiger partial charge in [-0.1, -0.05) is 17.7 Å². The van der Waals surface area contributed by atoms with Gasteiger partial charge in [0.1, 0.15) is 17.8 Å². The Balaban J connectivity index is 1.22. The molecule has 2 aliphatic rings. The molecule has 11 heteroatoms. The van der Waals surface area contributed by atoms with Crippen LogP contribution in [0.3, 0.4) is 0 Å². The lowest BCUT2D eigenvalue weighted by Crippen LogP contribution is -2.26. The number of rotatable bonds is 4. The molecule has 1 aliphatic heterocycles. The molecular weight excluding hydrogens is 507 g/mol. The highest BCUT2D eigenvalue weighted by Gasteiger charge is 2.54. The summed E-state index contributed by atoms with van der Waals surface area (Å²) in [6.07, 6.45) is 4.26. The molecule has 2 aromatic carbocycles. The second-order valence-corrected chi connectivity index (χ2v) is 10.2. The third-order valence-electron chi connectivity index (χ3n) is 7.65. The summed E-state index contributed by atoms with van der Waals surface area (Å²) in [5.74, 6) is 0.345. The molecule has 8 rings (SSSR count). The molecule has 6 aromatic rings. The number of aromatic amines is 2. The maximum absolute atomic E-state index is 15.2. The zero-order chi connectivity index (χ0) is 25.5. The van der Waals surface area contributed by atoms with Gasteiger partial charge >= 0.3 is 0 Å². The van der Waals surface area contributed by atoms with E-state index in [-0.39, 0.29) is 29.1 Å². The minimum absolute atomic E-state index is 0.176. The molecule has 9 nitrogen and oxygen atoms in total. The molecule has 1 aliphatic carbocycles. The summed E-state index contributed by atoms with van der Waals surface area (Å²) in [5, 5.41) is 13.0. The molecule has 2 N–H and O–H groups in total. The Hall–Kier alpha value is -4.57. The van der Waals surface area contributed by atoms with E-state index in [0.717, 1.165) is 34.1 Å². The van der Waals surface area contributed by atoms with Crippen LogP contribution in [0, 0.1) is 11.9 Å². The van der Waals surface area contributed by atoms with E-state index in [0.29, 0.717) is 22.1 Å². The highest BCUT2D eigenvalue weighted by Crippen LogP contribution is 2.60. The van der Waals surface area contributed by atoms with E-state index in [1.807, 2.05) is 42.6 Å². The van der Waals surface area contributed by atoms with Crippen LogP contribution in [0.2, 0.25) is 5.02 Å². The van der Waals surface area contributed by atoms with Gasteiger partial charge in [0.05, 0.1) is 11.7 Å². The predicted octanol–water partition coefficient (Wildman–Crippen LogP) is 4.86. The normalized spacial score (nSPS) is 19.6. The van der Waals surface area contributed by atoms with Gasteiger partial charge in [-0.05, 0) is 70.8 Å². The minimum atomic E-state index is -0.504. The molecule has 5 heterocycles. The molecular formula is C27H18ClFN8O. The number of benzene rings is 2. The molecule has 4 aromatic heterocycles. The largest absolute Gasteiger partial charge is 0.361 e. The quantitative estimate of drug-likeness (QED) is 0.342. The summed E-state index contributed by atoms with van der Waals surface area (Å²) in [4.78, 5) is 24.2. The summed E-state index contributed by atoms with van der Waals surface area (Å²) >= 11 is 6.32. The van der Waals surface area contributed by atoms with Gasteiger partial charge in [-0.25, -0.2) is 4.98 Å². The van der Waals surface area contributed by atoms with Crippen LogP contribution in [0.15, 0.2) is 71.9 Å².